The van der Waals surface area contributed by atoms with Crippen molar-refractivity contribution in [3.05, 3.63) is 70.7 Å². The van der Waals surface area contributed by atoms with Gasteiger partial charge in [0.2, 0.25) is 10.0 Å². The van der Waals surface area contributed by atoms with Crippen LogP contribution in [-0.4, -0.2) is 54.7 Å². The first-order valence-electron chi connectivity index (χ1n) is 10.9. The summed E-state index contributed by atoms with van der Waals surface area (Å²) in [5.74, 6) is -0.293. The van der Waals surface area contributed by atoms with Gasteiger partial charge in [-0.15, -0.1) is 11.3 Å². The fourth-order valence-electron chi connectivity index (χ4n) is 3.98. The number of carbonyl (C=O) groups is 1. The van der Waals surface area contributed by atoms with Crippen LogP contribution in [0.25, 0.3) is 15.9 Å². The highest BCUT2D eigenvalue weighted by molar-refractivity contribution is 7.89. The molecule has 1 aliphatic rings. The Bertz CT molecular complexity index is 1470. The molecule has 0 aliphatic carbocycles. The standard InChI is InChI=1S/C24H24N4O4S2/c1-16-8-9-18(14-22(16)34(30,31)27-10-12-32-13-11-27)25-23(29)21-15-20-17(2)26-28(24(20)33-21)19-6-4-3-5-7-19/h3-9,14-15H,10-13H2,1-2H3,(H,25,29). The van der Waals surface area contributed by atoms with Gasteiger partial charge in [0.05, 0.1) is 34.4 Å². The highest BCUT2D eigenvalue weighted by Crippen LogP contribution is 2.31. The molecular formula is C24H24N4O4S2. The molecule has 1 aliphatic heterocycles. The third-order valence-corrected chi connectivity index (χ3v) is 8.95. The number of nitrogens with one attached hydrogen (secondary N) is 1. The van der Waals surface area contributed by atoms with Gasteiger partial charge in [0.1, 0.15) is 4.83 Å². The lowest BCUT2D eigenvalue weighted by Gasteiger charge is -2.26. The van der Waals surface area contributed by atoms with Gasteiger partial charge in [0.15, 0.2) is 0 Å². The molecule has 34 heavy (non-hydrogen) atoms. The third kappa shape index (κ3) is 4.14. The van der Waals surface area contributed by atoms with E-state index < -0.39 is 10.0 Å². The van der Waals surface area contributed by atoms with Crippen LogP contribution in [0.1, 0.15) is 20.9 Å². The number of aryl methyl sites for hydroxylation is 2. The largest absolute Gasteiger partial charge is 0.379 e. The maximum atomic E-state index is 13.2. The first kappa shape index (κ1) is 22.7. The number of hydrogen-bond acceptors (Lipinski definition) is 6. The molecule has 10 heteroatoms. The van der Waals surface area contributed by atoms with Crippen LogP contribution < -0.4 is 5.32 Å². The number of anilines is 1. The van der Waals surface area contributed by atoms with Gasteiger partial charge in [-0.2, -0.15) is 9.40 Å². The summed E-state index contributed by atoms with van der Waals surface area (Å²) in [4.78, 5) is 14.7. The number of benzene rings is 2. The smallest absolute Gasteiger partial charge is 0.265 e. The Morgan fingerprint density at radius 3 is 2.53 bits per heavy atom. The van der Waals surface area contributed by atoms with Crippen molar-refractivity contribution in [2.45, 2.75) is 18.7 Å². The van der Waals surface area contributed by atoms with Crippen LogP contribution in [0.3, 0.4) is 0 Å². The molecule has 1 saturated heterocycles. The lowest BCUT2D eigenvalue weighted by atomic mass is 10.2. The lowest BCUT2D eigenvalue weighted by molar-refractivity contribution is 0.0730. The highest BCUT2D eigenvalue weighted by atomic mass is 32.2. The zero-order chi connectivity index (χ0) is 23.9. The number of morpholine rings is 1. The molecule has 2 aromatic heterocycles. The SMILES string of the molecule is Cc1ccc(NC(=O)c2cc3c(C)nn(-c4ccccc4)c3s2)cc1S(=O)(=O)N1CCOCC1. The minimum absolute atomic E-state index is 0.194. The topological polar surface area (TPSA) is 93.5 Å². The molecule has 176 valence electrons. The van der Waals surface area contributed by atoms with Crippen LogP contribution in [-0.2, 0) is 14.8 Å². The summed E-state index contributed by atoms with van der Waals surface area (Å²) in [5.41, 5.74) is 2.82. The summed E-state index contributed by atoms with van der Waals surface area (Å²) in [5, 5.41) is 8.39. The molecule has 0 radical (unpaired) electrons. The summed E-state index contributed by atoms with van der Waals surface area (Å²) >= 11 is 1.35. The highest BCUT2D eigenvalue weighted by Gasteiger charge is 2.28. The summed E-state index contributed by atoms with van der Waals surface area (Å²) in [7, 11) is -3.68. The van der Waals surface area contributed by atoms with Crippen molar-refractivity contribution in [2.24, 2.45) is 0 Å². The molecule has 8 nitrogen and oxygen atoms in total. The van der Waals surface area contributed by atoms with Gasteiger partial charge in [-0.25, -0.2) is 13.1 Å². The van der Waals surface area contributed by atoms with Crippen molar-refractivity contribution in [2.75, 3.05) is 31.6 Å². The van der Waals surface area contributed by atoms with Crippen LogP contribution in [0.4, 0.5) is 5.69 Å². The van der Waals surface area contributed by atoms with E-state index in [9.17, 15) is 13.2 Å². The number of rotatable bonds is 5. The molecule has 0 atom stereocenters. The van der Waals surface area contributed by atoms with E-state index in [0.717, 1.165) is 21.6 Å². The second-order valence-corrected chi connectivity index (χ2v) is 11.1. The molecule has 1 fully saturated rings. The molecule has 1 amide bonds. The summed E-state index contributed by atoms with van der Waals surface area (Å²) in [6.45, 7) is 5.05. The number of thiophene rings is 1. The second-order valence-electron chi connectivity index (χ2n) is 8.11. The number of para-hydroxylation sites is 1. The van der Waals surface area contributed by atoms with Crippen molar-refractivity contribution < 1.29 is 17.9 Å². The van der Waals surface area contributed by atoms with Crippen LogP contribution in [0.15, 0.2) is 59.5 Å². The second kappa shape index (κ2) is 8.95. The zero-order valence-corrected chi connectivity index (χ0v) is 20.4. The van der Waals surface area contributed by atoms with E-state index in [1.54, 1.807) is 19.1 Å². The van der Waals surface area contributed by atoms with Crippen LogP contribution in [0.5, 0.6) is 0 Å². The number of amides is 1. The van der Waals surface area contributed by atoms with E-state index in [0.29, 0.717) is 42.4 Å². The zero-order valence-electron chi connectivity index (χ0n) is 18.8. The third-order valence-electron chi connectivity index (χ3n) is 5.80. The molecule has 0 unspecified atom stereocenters. The molecule has 0 spiro atoms. The predicted octanol–water partition coefficient (Wildman–Crippen LogP) is 3.98. The molecule has 2 aromatic carbocycles. The quantitative estimate of drug-likeness (QED) is 0.451. The van der Waals surface area contributed by atoms with E-state index in [1.807, 2.05) is 48.0 Å². The number of sulfonamides is 1. The maximum Gasteiger partial charge on any atom is 0.265 e. The molecule has 0 saturated carbocycles. The molecule has 1 N–H and O–H groups in total. The van der Waals surface area contributed by atoms with Crippen molar-refractivity contribution in [1.82, 2.24) is 14.1 Å². The van der Waals surface area contributed by atoms with Gasteiger partial charge in [0, 0.05) is 24.2 Å². The first-order valence-corrected chi connectivity index (χ1v) is 13.1. The Hall–Kier alpha value is -3.05. The van der Waals surface area contributed by atoms with Gasteiger partial charge in [-0.05, 0) is 49.7 Å². The first-order chi connectivity index (χ1) is 16.3. The molecule has 4 aromatic rings. The van der Waals surface area contributed by atoms with Crippen molar-refractivity contribution in [3.63, 3.8) is 0 Å². The Morgan fingerprint density at radius 2 is 1.79 bits per heavy atom. The number of hydrogen-bond donors (Lipinski definition) is 1. The Balaban J connectivity index is 1.43. The number of ether oxygens (including phenoxy) is 1. The van der Waals surface area contributed by atoms with E-state index in [-0.39, 0.29) is 10.8 Å². The van der Waals surface area contributed by atoms with E-state index >= 15 is 0 Å². The molecule has 0 bridgehead atoms. The normalized spacial score (nSPS) is 15.0. The number of aromatic nitrogens is 2. The summed E-state index contributed by atoms with van der Waals surface area (Å²) in [6, 6.07) is 16.6. The number of fused-ring (bicyclic) bond motifs is 1. The summed E-state index contributed by atoms with van der Waals surface area (Å²) in [6.07, 6.45) is 0. The summed E-state index contributed by atoms with van der Waals surface area (Å²) < 4.78 is 34.9. The minimum atomic E-state index is -3.68. The number of nitrogens with zero attached hydrogens (tertiary/aromatic N) is 3. The van der Waals surface area contributed by atoms with Crippen molar-refractivity contribution >= 4 is 43.2 Å². The van der Waals surface area contributed by atoms with Crippen molar-refractivity contribution in [3.8, 4) is 5.69 Å². The van der Waals surface area contributed by atoms with E-state index in [2.05, 4.69) is 10.4 Å². The van der Waals surface area contributed by atoms with Gasteiger partial charge in [0.25, 0.3) is 5.91 Å². The Morgan fingerprint density at radius 1 is 1.06 bits per heavy atom. The van der Waals surface area contributed by atoms with Gasteiger partial charge in [-0.3, -0.25) is 4.79 Å². The Kier molecular flexibility index (Phi) is 5.98. The van der Waals surface area contributed by atoms with Gasteiger partial charge in [-0.1, -0.05) is 24.3 Å². The van der Waals surface area contributed by atoms with E-state index in [4.69, 9.17) is 4.74 Å². The average Bonchev–Trinajstić information content (AvgIpc) is 3.42. The van der Waals surface area contributed by atoms with Crippen molar-refractivity contribution in [1.29, 1.82) is 0 Å². The minimum Gasteiger partial charge on any atom is -0.379 e. The van der Waals surface area contributed by atoms with Crippen LogP contribution >= 0.6 is 11.3 Å². The fraction of sp³-hybridized carbons (Fsp3) is 0.250. The predicted molar refractivity (Wildman–Crippen MR) is 132 cm³/mol. The fourth-order valence-corrected chi connectivity index (χ4v) is 6.71. The monoisotopic (exact) mass is 496 g/mol. The van der Waals surface area contributed by atoms with Crippen LogP contribution in [0.2, 0.25) is 0 Å². The average molecular weight is 497 g/mol. The van der Waals surface area contributed by atoms with E-state index in [1.165, 1.54) is 21.7 Å². The molecule has 5 rings (SSSR count). The van der Waals surface area contributed by atoms with Crippen LogP contribution in [0, 0.1) is 13.8 Å². The Labute approximate surface area is 201 Å². The lowest BCUT2D eigenvalue weighted by Crippen LogP contribution is -2.40. The maximum absolute atomic E-state index is 13.2. The number of carbonyl (C=O) groups excluding carboxylic acids is 1. The molecule has 3 heterocycles. The van der Waals surface area contributed by atoms with Gasteiger partial charge >= 0.3 is 0 Å². The molecular weight excluding hydrogens is 472 g/mol. The van der Waals surface area contributed by atoms with Gasteiger partial charge < -0.3 is 10.1 Å².